The molecule has 2 rings (SSSR count). The number of hydrogen-bond acceptors (Lipinski definition) is 2. The van der Waals surface area contributed by atoms with Gasteiger partial charge < -0.3 is 10.4 Å². The topological polar surface area (TPSA) is 32.3 Å². The van der Waals surface area contributed by atoms with Gasteiger partial charge in [-0.15, -0.1) is 0 Å². The Labute approximate surface area is 98.8 Å². The van der Waals surface area contributed by atoms with Crippen LogP contribution in [0.15, 0.2) is 28.7 Å². The Morgan fingerprint density at radius 2 is 2.20 bits per heavy atom. The van der Waals surface area contributed by atoms with Crippen LogP contribution in [0.1, 0.15) is 18.4 Å². The van der Waals surface area contributed by atoms with Crippen molar-refractivity contribution >= 4 is 15.9 Å². The van der Waals surface area contributed by atoms with Gasteiger partial charge in [0, 0.05) is 17.6 Å². The van der Waals surface area contributed by atoms with Crippen LogP contribution >= 0.6 is 15.9 Å². The quantitative estimate of drug-likeness (QED) is 0.878. The van der Waals surface area contributed by atoms with Crippen molar-refractivity contribution < 1.29 is 5.11 Å². The monoisotopic (exact) mass is 269 g/mol. The van der Waals surface area contributed by atoms with Crippen LogP contribution in [0.5, 0.6) is 0 Å². The lowest BCUT2D eigenvalue weighted by atomic mass is 9.90. The second-order valence-electron chi connectivity index (χ2n) is 4.31. The molecule has 1 aliphatic heterocycles. The van der Waals surface area contributed by atoms with Crippen LogP contribution in [0.3, 0.4) is 0 Å². The van der Waals surface area contributed by atoms with Crippen LogP contribution in [-0.4, -0.2) is 23.8 Å². The van der Waals surface area contributed by atoms with Crippen molar-refractivity contribution in [1.29, 1.82) is 0 Å². The molecule has 1 heterocycles. The van der Waals surface area contributed by atoms with Crippen molar-refractivity contribution in [2.45, 2.75) is 24.9 Å². The van der Waals surface area contributed by atoms with E-state index >= 15 is 0 Å². The molecule has 0 saturated carbocycles. The van der Waals surface area contributed by atoms with Crippen LogP contribution in [0.2, 0.25) is 0 Å². The zero-order valence-corrected chi connectivity index (χ0v) is 10.3. The predicted octanol–water partition coefficient (Wildman–Crippen LogP) is 2.11. The molecule has 1 aliphatic rings. The van der Waals surface area contributed by atoms with Gasteiger partial charge >= 0.3 is 0 Å². The standard InChI is InChI=1S/C12H16BrNO/c13-11-5-1-3-10(7-11)4-2-6-12(15)8-14-9-12/h1,3,5,7,14-15H,2,4,6,8-9H2. The highest BCUT2D eigenvalue weighted by molar-refractivity contribution is 9.10. The maximum Gasteiger partial charge on any atom is 0.0895 e. The summed E-state index contributed by atoms with van der Waals surface area (Å²) >= 11 is 3.46. The zero-order chi connectivity index (χ0) is 10.7. The number of rotatable bonds is 4. The molecule has 15 heavy (non-hydrogen) atoms. The molecule has 0 aliphatic carbocycles. The first-order valence-corrected chi connectivity index (χ1v) is 6.15. The molecule has 2 nitrogen and oxygen atoms in total. The number of nitrogens with one attached hydrogen (secondary N) is 1. The lowest BCUT2D eigenvalue weighted by Gasteiger charge is -2.37. The van der Waals surface area contributed by atoms with E-state index in [-0.39, 0.29) is 0 Å². The minimum Gasteiger partial charge on any atom is -0.387 e. The van der Waals surface area contributed by atoms with E-state index in [1.54, 1.807) is 0 Å². The molecule has 0 aromatic heterocycles. The molecule has 0 atom stereocenters. The second-order valence-corrected chi connectivity index (χ2v) is 5.23. The van der Waals surface area contributed by atoms with Crippen LogP contribution in [-0.2, 0) is 6.42 Å². The molecule has 1 aromatic rings. The van der Waals surface area contributed by atoms with Crippen LogP contribution in [0.25, 0.3) is 0 Å². The summed E-state index contributed by atoms with van der Waals surface area (Å²) in [5.41, 5.74) is 0.909. The fourth-order valence-electron chi connectivity index (χ4n) is 1.90. The van der Waals surface area contributed by atoms with Gasteiger partial charge in [-0.2, -0.15) is 0 Å². The molecular formula is C12H16BrNO. The predicted molar refractivity (Wildman–Crippen MR) is 64.9 cm³/mol. The summed E-state index contributed by atoms with van der Waals surface area (Å²) in [7, 11) is 0. The van der Waals surface area contributed by atoms with Crippen molar-refractivity contribution in [2.75, 3.05) is 13.1 Å². The van der Waals surface area contributed by atoms with Crippen molar-refractivity contribution in [3.05, 3.63) is 34.3 Å². The molecule has 0 spiro atoms. The van der Waals surface area contributed by atoms with Crippen molar-refractivity contribution in [3.63, 3.8) is 0 Å². The average molecular weight is 270 g/mol. The lowest BCUT2D eigenvalue weighted by Crippen LogP contribution is -2.59. The summed E-state index contributed by atoms with van der Waals surface area (Å²) in [5, 5.41) is 13.0. The normalized spacial score (nSPS) is 18.5. The molecule has 0 unspecified atom stereocenters. The Morgan fingerprint density at radius 3 is 2.80 bits per heavy atom. The van der Waals surface area contributed by atoms with E-state index in [0.29, 0.717) is 0 Å². The molecule has 1 saturated heterocycles. The van der Waals surface area contributed by atoms with Gasteiger partial charge in [-0.3, -0.25) is 0 Å². The zero-order valence-electron chi connectivity index (χ0n) is 8.67. The highest BCUT2D eigenvalue weighted by atomic mass is 79.9. The van der Waals surface area contributed by atoms with Gasteiger partial charge in [0.15, 0.2) is 0 Å². The number of hydrogen-bond donors (Lipinski definition) is 2. The van der Waals surface area contributed by atoms with Gasteiger partial charge in [0.05, 0.1) is 5.60 Å². The fraction of sp³-hybridized carbons (Fsp3) is 0.500. The lowest BCUT2D eigenvalue weighted by molar-refractivity contribution is -0.0185. The highest BCUT2D eigenvalue weighted by Gasteiger charge is 2.33. The molecule has 0 amide bonds. The number of β-amino-alcohol motifs (C(OH)–C–C–N with tert-alkyl or cyclic N) is 1. The summed E-state index contributed by atoms with van der Waals surface area (Å²) in [4.78, 5) is 0. The average Bonchev–Trinajstić information content (AvgIpc) is 2.15. The SMILES string of the molecule is OC1(CCCc2cccc(Br)c2)CNC1. The van der Waals surface area contributed by atoms with Crippen molar-refractivity contribution in [2.24, 2.45) is 0 Å². The first-order chi connectivity index (χ1) is 7.18. The molecule has 0 radical (unpaired) electrons. The maximum absolute atomic E-state index is 9.87. The summed E-state index contributed by atoms with van der Waals surface area (Å²) in [6.07, 6.45) is 2.99. The van der Waals surface area contributed by atoms with Gasteiger partial charge in [-0.05, 0) is 37.0 Å². The van der Waals surface area contributed by atoms with E-state index in [4.69, 9.17) is 0 Å². The van der Waals surface area contributed by atoms with Crippen LogP contribution in [0, 0.1) is 0 Å². The molecule has 1 aromatic carbocycles. The Hall–Kier alpha value is -0.380. The van der Waals surface area contributed by atoms with Crippen molar-refractivity contribution in [1.82, 2.24) is 5.32 Å². The van der Waals surface area contributed by atoms with Crippen molar-refractivity contribution in [3.8, 4) is 0 Å². The Morgan fingerprint density at radius 1 is 1.40 bits per heavy atom. The van der Waals surface area contributed by atoms with Gasteiger partial charge in [0.1, 0.15) is 0 Å². The molecule has 82 valence electrons. The highest BCUT2D eigenvalue weighted by Crippen LogP contribution is 2.20. The number of aliphatic hydroxyl groups is 1. The number of aryl methyl sites for hydroxylation is 1. The van der Waals surface area contributed by atoms with Crippen LogP contribution in [0.4, 0.5) is 0 Å². The molecule has 3 heteroatoms. The maximum atomic E-state index is 9.87. The van der Waals surface area contributed by atoms with Gasteiger partial charge in [0.25, 0.3) is 0 Å². The third-order valence-electron chi connectivity index (χ3n) is 2.90. The summed E-state index contributed by atoms with van der Waals surface area (Å²) in [6, 6.07) is 8.36. The van der Waals surface area contributed by atoms with E-state index < -0.39 is 5.60 Å². The minimum atomic E-state index is -0.425. The fourth-order valence-corrected chi connectivity index (χ4v) is 2.35. The Bertz CT molecular complexity index is 336. The molecular weight excluding hydrogens is 254 g/mol. The second kappa shape index (κ2) is 4.64. The van der Waals surface area contributed by atoms with Gasteiger partial charge in [0.2, 0.25) is 0 Å². The Balaban J connectivity index is 1.78. The third-order valence-corrected chi connectivity index (χ3v) is 3.40. The summed E-state index contributed by atoms with van der Waals surface area (Å²) in [5.74, 6) is 0. The van der Waals surface area contributed by atoms with Gasteiger partial charge in [-0.1, -0.05) is 28.1 Å². The van der Waals surface area contributed by atoms with Crippen LogP contribution < -0.4 is 5.32 Å². The van der Waals surface area contributed by atoms with E-state index in [1.807, 2.05) is 6.07 Å². The van der Waals surface area contributed by atoms with Gasteiger partial charge in [-0.25, -0.2) is 0 Å². The summed E-state index contributed by atoms with van der Waals surface area (Å²) < 4.78 is 1.13. The number of halogens is 1. The smallest absolute Gasteiger partial charge is 0.0895 e. The first-order valence-electron chi connectivity index (χ1n) is 5.36. The third kappa shape index (κ3) is 3.03. The van der Waals surface area contributed by atoms with E-state index in [1.165, 1.54) is 5.56 Å². The van der Waals surface area contributed by atoms with E-state index in [0.717, 1.165) is 36.8 Å². The summed E-state index contributed by atoms with van der Waals surface area (Å²) in [6.45, 7) is 1.51. The molecule has 1 fully saturated rings. The number of benzene rings is 1. The first kappa shape index (κ1) is 11.1. The minimum absolute atomic E-state index is 0.425. The Kier molecular flexibility index (Phi) is 3.44. The van der Waals surface area contributed by atoms with E-state index in [2.05, 4.69) is 39.4 Å². The van der Waals surface area contributed by atoms with E-state index in [9.17, 15) is 5.11 Å². The largest absolute Gasteiger partial charge is 0.387 e. The molecule has 0 bridgehead atoms. The molecule has 2 N–H and O–H groups in total.